The van der Waals surface area contributed by atoms with Crippen LogP contribution < -0.4 is 9.64 Å². The molecular formula is C26H20F3N3O3. The van der Waals surface area contributed by atoms with Gasteiger partial charge in [-0.3, -0.25) is 9.78 Å². The van der Waals surface area contributed by atoms with Crippen molar-refractivity contribution in [2.24, 2.45) is 0 Å². The van der Waals surface area contributed by atoms with Crippen LogP contribution in [0, 0.1) is 17.5 Å². The molecule has 1 aliphatic rings. The topological polar surface area (TPSA) is 64.6 Å². The molecule has 0 saturated carbocycles. The Morgan fingerprint density at radius 3 is 2.51 bits per heavy atom. The number of carbonyl (C=O) groups is 1. The lowest BCUT2D eigenvalue weighted by Crippen LogP contribution is -2.36. The number of hydrogen-bond donors (Lipinski definition) is 0. The number of morpholine rings is 1. The molecule has 3 aromatic carbocycles. The van der Waals surface area contributed by atoms with Gasteiger partial charge in [0.05, 0.1) is 30.4 Å². The Bertz CT molecular complexity index is 1390. The predicted molar refractivity (Wildman–Crippen MR) is 123 cm³/mol. The highest BCUT2D eigenvalue weighted by Crippen LogP contribution is 2.29. The smallest absolute Gasteiger partial charge is 0.199 e. The third kappa shape index (κ3) is 4.67. The predicted octanol–water partition coefficient (Wildman–Crippen LogP) is 4.69. The molecule has 0 radical (unpaired) electrons. The van der Waals surface area contributed by atoms with Crippen molar-refractivity contribution in [2.75, 3.05) is 31.2 Å². The number of anilines is 1. The molecule has 1 saturated heterocycles. The molecular weight excluding hydrogens is 459 g/mol. The molecule has 35 heavy (non-hydrogen) atoms. The minimum Gasteiger partial charge on any atom is -0.486 e. The summed E-state index contributed by atoms with van der Waals surface area (Å²) in [6.07, 6.45) is 1.62. The van der Waals surface area contributed by atoms with Crippen LogP contribution in [0.5, 0.6) is 5.75 Å². The summed E-state index contributed by atoms with van der Waals surface area (Å²) in [5, 5.41) is 0. The number of halogens is 3. The maximum Gasteiger partial charge on any atom is 0.199 e. The van der Waals surface area contributed by atoms with E-state index < -0.39 is 34.5 Å². The molecule has 4 aromatic rings. The zero-order chi connectivity index (χ0) is 24.4. The molecule has 0 bridgehead atoms. The minimum absolute atomic E-state index is 0.0525. The van der Waals surface area contributed by atoms with Crippen molar-refractivity contribution in [2.45, 2.75) is 6.61 Å². The van der Waals surface area contributed by atoms with Crippen molar-refractivity contribution in [3.8, 4) is 5.75 Å². The van der Waals surface area contributed by atoms with Gasteiger partial charge in [0, 0.05) is 24.7 Å². The van der Waals surface area contributed by atoms with Crippen molar-refractivity contribution in [1.29, 1.82) is 0 Å². The Kier molecular flexibility index (Phi) is 6.33. The molecule has 0 aliphatic carbocycles. The molecule has 5 rings (SSSR count). The lowest BCUT2D eigenvalue weighted by Gasteiger charge is -2.27. The third-order valence-electron chi connectivity index (χ3n) is 5.71. The second-order valence-electron chi connectivity index (χ2n) is 7.99. The van der Waals surface area contributed by atoms with Crippen LogP contribution in [0.1, 0.15) is 21.5 Å². The summed E-state index contributed by atoms with van der Waals surface area (Å²) in [6, 6.07) is 13.7. The molecule has 9 heteroatoms. The summed E-state index contributed by atoms with van der Waals surface area (Å²) >= 11 is 0. The molecule has 1 fully saturated rings. The average molecular weight is 479 g/mol. The zero-order valence-electron chi connectivity index (χ0n) is 18.5. The van der Waals surface area contributed by atoms with E-state index in [2.05, 4.69) is 9.97 Å². The maximum absolute atomic E-state index is 15.2. The van der Waals surface area contributed by atoms with E-state index in [9.17, 15) is 13.6 Å². The molecule has 1 aliphatic heterocycles. The molecule has 1 aromatic heterocycles. The van der Waals surface area contributed by atoms with E-state index in [1.54, 1.807) is 36.5 Å². The van der Waals surface area contributed by atoms with Gasteiger partial charge in [-0.2, -0.15) is 0 Å². The van der Waals surface area contributed by atoms with Gasteiger partial charge in [0.1, 0.15) is 18.0 Å². The standard InChI is InChI=1S/C26H20F3N3O3/c27-18-13-21(35-15-16-4-2-1-3-5-16)25(29)23(24(18)28)26(33)17-6-7-19-20(12-17)31-22(14-30-19)32-8-10-34-11-9-32/h1-7,12-14H,8-11,15H2. The van der Waals surface area contributed by atoms with Crippen LogP contribution in [-0.2, 0) is 11.3 Å². The molecule has 0 N–H and O–H groups in total. The summed E-state index contributed by atoms with van der Waals surface area (Å²) in [4.78, 5) is 24.0. The number of nitrogens with zero attached hydrogens (tertiary/aromatic N) is 3. The van der Waals surface area contributed by atoms with Crippen LogP contribution in [0.2, 0.25) is 0 Å². The summed E-state index contributed by atoms with van der Waals surface area (Å²) in [6.45, 7) is 2.33. The number of aromatic nitrogens is 2. The van der Waals surface area contributed by atoms with Crippen LogP contribution >= 0.6 is 0 Å². The number of carbonyl (C=O) groups excluding carboxylic acids is 1. The SMILES string of the molecule is O=C(c1ccc2ncc(N3CCOCC3)nc2c1)c1c(F)c(F)cc(OCc2ccccc2)c1F. The van der Waals surface area contributed by atoms with Gasteiger partial charge in [0.15, 0.2) is 29.0 Å². The molecule has 178 valence electrons. The van der Waals surface area contributed by atoms with E-state index in [1.807, 2.05) is 4.90 Å². The minimum atomic E-state index is -1.58. The number of ketones is 1. The van der Waals surface area contributed by atoms with Crippen molar-refractivity contribution in [3.05, 3.63) is 94.9 Å². The lowest BCUT2D eigenvalue weighted by molar-refractivity contribution is 0.102. The summed E-state index contributed by atoms with van der Waals surface area (Å²) in [5.41, 5.74) is 0.505. The van der Waals surface area contributed by atoms with Gasteiger partial charge in [-0.15, -0.1) is 0 Å². The molecule has 6 nitrogen and oxygen atoms in total. The Morgan fingerprint density at radius 2 is 1.74 bits per heavy atom. The van der Waals surface area contributed by atoms with Gasteiger partial charge in [-0.05, 0) is 23.8 Å². The van der Waals surface area contributed by atoms with Crippen LogP contribution in [0.15, 0.2) is 60.8 Å². The summed E-state index contributed by atoms with van der Waals surface area (Å²) in [5.74, 6) is -5.19. The lowest BCUT2D eigenvalue weighted by atomic mass is 10.0. The third-order valence-corrected chi connectivity index (χ3v) is 5.71. The zero-order valence-corrected chi connectivity index (χ0v) is 18.5. The van der Waals surface area contributed by atoms with E-state index in [4.69, 9.17) is 9.47 Å². The van der Waals surface area contributed by atoms with Gasteiger partial charge < -0.3 is 14.4 Å². The molecule has 0 atom stereocenters. The second kappa shape index (κ2) is 9.71. The van der Waals surface area contributed by atoms with Gasteiger partial charge >= 0.3 is 0 Å². The van der Waals surface area contributed by atoms with Crippen molar-refractivity contribution >= 4 is 22.6 Å². The van der Waals surface area contributed by atoms with E-state index >= 15 is 4.39 Å². The number of rotatable bonds is 6. The van der Waals surface area contributed by atoms with Gasteiger partial charge in [-0.1, -0.05) is 30.3 Å². The Morgan fingerprint density at radius 1 is 0.971 bits per heavy atom. The fourth-order valence-electron chi connectivity index (χ4n) is 3.85. The largest absolute Gasteiger partial charge is 0.486 e. The van der Waals surface area contributed by atoms with Crippen molar-refractivity contribution in [3.63, 3.8) is 0 Å². The summed E-state index contributed by atoms with van der Waals surface area (Å²) in [7, 11) is 0. The van der Waals surface area contributed by atoms with Crippen LogP contribution in [0.25, 0.3) is 11.0 Å². The highest BCUT2D eigenvalue weighted by atomic mass is 19.2. The highest BCUT2D eigenvalue weighted by Gasteiger charge is 2.27. The fourth-order valence-corrected chi connectivity index (χ4v) is 3.85. The Labute approximate surface area is 198 Å². The first-order valence-corrected chi connectivity index (χ1v) is 11.0. The van der Waals surface area contributed by atoms with Gasteiger partial charge in [0.25, 0.3) is 0 Å². The number of fused-ring (bicyclic) bond motifs is 1. The Balaban J connectivity index is 1.47. The van der Waals surface area contributed by atoms with Crippen LogP contribution in [0.4, 0.5) is 19.0 Å². The van der Waals surface area contributed by atoms with E-state index in [0.29, 0.717) is 54.8 Å². The van der Waals surface area contributed by atoms with Crippen molar-refractivity contribution < 1.29 is 27.4 Å². The van der Waals surface area contributed by atoms with Crippen molar-refractivity contribution in [1.82, 2.24) is 9.97 Å². The fraction of sp³-hybridized carbons (Fsp3) is 0.192. The number of benzene rings is 3. The van der Waals surface area contributed by atoms with E-state index in [0.717, 1.165) is 0 Å². The van der Waals surface area contributed by atoms with Gasteiger partial charge in [-0.25, -0.2) is 18.2 Å². The molecule has 0 spiro atoms. The second-order valence-corrected chi connectivity index (χ2v) is 7.99. The molecule has 2 heterocycles. The highest BCUT2D eigenvalue weighted by molar-refractivity contribution is 6.10. The van der Waals surface area contributed by atoms with Crippen LogP contribution in [0.3, 0.4) is 0 Å². The number of hydrogen-bond acceptors (Lipinski definition) is 6. The average Bonchev–Trinajstić information content (AvgIpc) is 2.90. The number of ether oxygens (including phenoxy) is 2. The van der Waals surface area contributed by atoms with Crippen LogP contribution in [-0.4, -0.2) is 42.1 Å². The normalized spacial score (nSPS) is 13.7. The maximum atomic E-state index is 15.2. The monoisotopic (exact) mass is 479 g/mol. The van der Waals surface area contributed by atoms with Gasteiger partial charge in [0.2, 0.25) is 0 Å². The van der Waals surface area contributed by atoms with E-state index in [-0.39, 0.29) is 12.2 Å². The summed E-state index contributed by atoms with van der Waals surface area (Å²) < 4.78 is 54.8. The first-order valence-electron chi connectivity index (χ1n) is 11.0. The quantitative estimate of drug-likeness (QED) is 0.295. The first-order chi connectivity index (χ1) is 17.0. The molecule has 0 unspecified atom stereocenters. The first kappa shape index (κ1) is 22.8. The molecule has 0 amide bonds. The van der Waals surface area contributed by atoms with E-state index in [1.165, 1.54) is 18.2 Å². The Hall–Kier alpha value is -3.98.